The summed E-state index contributed by atoms with van der Waals surface area (Å²) >= 11 is 12.5. The SMILES string of the molecule is CCc1nc2c(c(=O)n1CCCOC)c1nc3ccccc3nc1n2-c1ccc(Cl)c(Cl)c1. The zero-order chi connectivity index (χ0) is 23.1. The molecule has 7 nitrogen and oxygen atoms in total. The van der Waals surface area contributed by atoms with E-state index in [-0.39, 0.29) is 5.56 Å². The Morgan fingerprint density at radius 2 is 1.73 bits per heavy atom. The molecule has 0 aliphatic heterocycles. The number of nitrogens with zero attached hydrogens (tertiary/aromatic N) is 5. The molecule has 9 heteroatoms. The van der Waals surface area contributed by atoms with Crippen molar-refractivity contribution in [3.63, 3.8) is 0 Å². The van der Waals surface area contributed by atoms with Gasteiger partial charge in [0.05, 0.1) is 26.8 Å². The van der Waals surface area contributed by atoms with Gasteiger partial charge in [0.1, 0.15) is 16.7 Å². The molecule has 168 valence electrons. The van der Waals surface area contributed by atoms with Crippen molar-refractivity contribution in [2.75, 3.05) is 13.7 Å². The molecule has 5 aromatic rings. The first-order chi connectivity index (χ1) is 16.0. The number of ether oxygens (including phenoxy) is 1. The van der Waals surface area contributed by atoms with Gasteiger partial charge in [0.15, 0.2) is 11.3 Å². The van der Waals surface area contributed by atoms with E-state index in [0.717, 1.165) is 5.52 Å². The number of hydrogen-bond donors (Lipinski definition) is 0. The van der Waals surface area contributed by atoms with Crippen LogP contribution in [0.4, 0.5) is 0 Å². The number of fused-ring (bicyclic) bond motifs is 4. The van der Waals surface area contributed by atoms with E-state index in [1.54, 1.807) is 23.8 Å². The van der Waals surface area contributed by atoms with Gasteiger partial charge in [-0.15, -0.1) is 0 Å². The van der Waals surface area contributed by atoms with Gasteiger partial charge in [-0.1, -0.05) is 42.3 Å². The Bertz CT molecular complexity index is 1580. The smallest absolute Gasteiger partial charge is 0.265 e. The van der Waals surface area contributed by atoms with Crippen LogP contribution < -0.4 is 5.56 Å². The molecule has 33 heavy (non-hydrogen) atoms. The van der Waals surface area contributed by atoms with Crippen molar-refractivity contribution in [1.82, 2.24) is 24.1 Å². The Balaban J connectivity index is 1.92. The van der Waals surface area contributed by atoms with Crippen LogP contribution in [-0.4, -0.2) is 37.8 Å². The average molecular weight is 482 g/mol. The van der Waals surface area contributed by atoms with Gasteiger partial charge >= 0.3 is 0 Å². The maximum Gasteiger partial charge on any atom is 0.265 e. The van der Waals surface area contributed by atoms with Gasteiger partial charge in [-0.3, -0.25) is 13.9 Å². The molecule has 2 aromatic carbocycles. The zero-order valence-electron chi connectivity index (χ0n) is 18.2. The van der Waals surface area contributed by atoms with Gasteiger partial charge in [-0.05, 0) is 36.8 Å². The van der Waals surface area contributed by atoms with Crippen LogP contribution in [0.25, 0.3) is 38.9 Å². The van der Waals surface area contributed by atoms with Crippen molar-refractivity contribution in [3.8, 4) is 5.69 Å². The van der Waals surface area contributed by atoms with Crippen molar-refractivity contribution in [3.05, 3.63) is 68.7 Å². The number of rotatable bonds is 6. The molecule has 0 atom stereocenters. The van der Waals surface area contributed by atoms with Crippen LogP contribution in [-0.2, 0) is 17.7 Å². The summed E-state index contributed by atoms with van der Waals surface area (Å²) < 4.78 is 8.74. The minimum absolute atomic E-state index is 0.138. The second-order valence-corrected chi connectivity index (χ2v) is 8.52. The third kappa shape index (κ3) is 3.66. The molecule has 0 N–H and O–H groups in total. The van der Waals surface area contributed by atoms with Gasteiger partial charge in [0.2, 0.25) is 0 Å². The molecule has 3 aromatic heterocycles. The first kappa shape index (κ1) is 21.8. The number of benzene rings is 2. The molecule has 0 fully saturated rings. The van der Waals surface area contributed by atoms with Crippen LogP contribution in [0.1, 0.15) is 19.2 Å². The quantitative estimate of drug-likeness (QED) is 0.312. The lowest BCUT2D eigenvalue weighted by molar-refractivity contribution is 0.189. The van der Waals surface area contributed by atoms with E-state index in [1.807, 2.05) is 41.8 Å². The summed E-state index contributed by atoms with van der Waals surface area (Å²) in [4.78, 5) is 28.4. The Labute approximate surface area is 199 Å². The number of aromatic nitrogens is 5. The van der Waals surface area contributed by atoms with Gasteiger partial charge in [-0.2, -0.15) is 0 Å². The van der Waals surface area contributed by atoms with Crippen molar-refractivity contribution >= 4 is 56.4 Å². The van der Waals surface area contributed by atoms with E-state index in [4.69, 9.17) is 42.9 Å². The molecule has 0 unspecified atom stereocenters. The normalized spacial score (nSPS) is 11.8. The molecule has 0 saturated heterocycles. The minimum atomic E-state index is -0.138. The molecule has 0 saturated carbocycles. The first-order valence-corrected chi connectivity index (χ1v) is 11.4. The van der Waals surface area contributed by atoms with E-state index >= 15 is 0 Å². The molecular formula is C24H21Cl2N5O2. The third-order valence-electron chi connectivity index (χ3n) is 5.65. The molecule has 0 aliphatic rings. The fourth-order valence-electron chi connectivity index (χ4n) is 4.11. The van der Waals surface area contributed by atoms with Crippen LogP contribution in [0, 0.1) is 0 Å². The average Bonchev–Trinajstić information content (AvgIpc) is 3.13. The Kier molecular flexibility index (Phi) is 5.78. The molecule has 3 heterocycles. The van der Waals surface area contributed by atoms with E-state index in [2.05, 4.69) is 0 Å². The number of hydrogen-bond acceptors (Lipinski definition) is 5. The van der Waals surface area contributed by atoms with Gasteiger partial charge < -0.3 is 4.74 Å². The second-order valence-electron chi connectivity index (χ2n) is 7.70. The number of aryl methyl sites for hydroxylation is 1. The monoisotopic (exact) mass is 481 g/mol. The standard InChI is InChI=1S/C24H21Cl2N5O2/c1-3-19-29-22-20(24(32)30(19)11-6-12-33-2)21-23(28-18-8-5-4-7-17(18)27-21)31(22)14-9-10-15(25)16(26)13-14/h4-5,7-10,13H,3,6,11-12H2,1-2H3. The van der Waals surface area contributed by atoms with Crippen LogP contribution in [0.5, 0.6) is 0 Å². The van der Waals surface area contributed by atoms with E-state index in [9.17, 15) is 4.79 Å². The summed E-state index contributed by atoms with van der Waals surface area (Å²) in [6.07, 6.45) is 1.31. The maximum absolute atomic E-state index is 13.8. The summed E-state index contributed by atoms with van der Waals surface area (Å²) in [6.45, 7) is 3.06. The Hall–Kier alpha value is -3.00. The fraction of sp³-hybridized carbons (Fsp3) is 0.250. The second kappa shape index (κ2) is 8.74. The van der Waals surface area contributed by atoms with Gasteiger partial charge in [-0.25, -0.2) is 15.0 Å². The highest BCUT2D eigenvalue weighted by Gasteiger charge is 2.23. The summed E-state index contributed by atoms with van der Waals surface area (Å²) in [5.41, 5.74) is 3.57. The lowest BCUT2D eigenvalue weighted by Gasteiger charge is -2.12. The number of methoxy groups -OCH3 is 1. The fourth-order valence-corrected chi connectivity index (χ4v) is 4.40. The predicted molar refractivity (Wildman–Crippen MR) is 132 cm³/mol. The van der Waals surface area contributed by atoms with E-state index in [1.165, 1.54) is 0 Å². The molecule has 0 bridgehead atoms. The van der Waals surface area contributed by atoms with Crippen LogP contribution in [0.2, 0.25) is 10.0 Å². The van der Waals surface area contributed by atoms with Gasteiger partial charge in [0.25, 0.3) is 5.56 Å². The summed E-state index contributed by atoms with van der Waals surface area (Å²) in [5, 5.41) is 1.28. The summed E-state index contributed by atoms with van der Waals surface area (Å²) in [6, 6.07) is 12.9. The number of halogens is 2. The van der Waals surface area contributed by atoms with Gasteiger partial charge in [0, 0.05) is 26.7 Å². The van der Waals surface area contributed by atoms with E-state index in [0.29, 0.717) is 75.3 Å². The highest BCUT2D eigenvalue weighted by atomic mass is 35.5. The highest BCUT2D eigenvalue weighted by Crippen LogP contribution is 2.31. The Morgan fingerprint density at radius 3 is 2.42 bits per heavy atom. The lowest BCUT2D eigenvalue weighted by atomic mass is 10.2. The Morgan fingerprint density at radius 1 is 0.970 bits per heavy atom. The van der Waals surface area contributed by atoms with Crippen LogP contribution in [0.3, 0.4) is 0 Å². The van der Waals surface area contributed by atoms with Crippen molar-refractivity contribution in [1.29, 1.82) is 0 Å². The molecule has 0 spiro atoms. The van der Waals surface area contributed by atoms with Crippen molar-refractivity contribution in [2.24, 2.45) is 0 Å². The largest absolute Gasteiger partial charge is 0.385 e. The first-order valence-electron chi connectivity index (χ1n) is 10.7. The zero-order valence-corrected chi connectivity index (χ0v) is 19.7. The molecule has 0 amide bonds. The van der Waals surface area contributed by atoms with Crippen LogP contribution in [0.15, 0.2) is 47.3 Å². The predicted octanol–water partition coefficient (Wildman–Crippen LogP) is 5.19. The maximum atomic E-state index is 13.8. The highest BCUT2D eigenvalue weighted by molar-refractivity contribution is 6.42. The van der Waals surface area contributed by atoms with Crippen LogP contribution >= 0.6 is 23.2 Å². The third-order valence-corrected chi connectivity index (χ3v) is 6.39. The molecule has 0 aliphatic carbocycles. The lowest BCUT2D eigenvalue weighted by Crippen LogP contribution is -2.26. The van der Waals surface area contributed by atoms with E-state index < -0.39 is 0 Å². The topological polar surface area (TPSA) is 74.8 Å². The summed E-state index contributed by atoms with van der Waals surface area (Å²) in [7, 11) is 1.65. The molecular weight excluding hydrogens is 461 g/mol. The number of para-hydroxylation sites is 2. The minimum Gasteiger partial charge on any atom is -0.385 e. The van der Waals surface area contributed by atoms with Crippen molar-refractivity contribution < 1.29 is 4.74 Å². The van der Waals surface area contributed by atoms with Crippen molar-refractivity contribution in [2.45, 2.75) is 26.3 Å². The summed E-state index contributed by atoms with van der Waals surface area (Å²) in [5.74, 6) is 0.692. The molecule has 0 radical (unpaired) electrons. The molecule has 5 rings (SSSR count).